The van der Waals surface area contributed by atoms with Gasteiger partial charge in [0.25, 0.3) is 5.91 Å². The standard InChI is InChI=1S/C21H25N3O3/c1-14(2)12-22-20(26)21(27)24-18-7-5-4-6-17(18)19(25)23-13-16-10-8-15(3)9-11-16/h4-11,14H,12-13H2,1-3H3,(H,22,26)(H,23,25)(H,24,27). The molecule has 0 fully saturated rings. The minimum Gasteiger partial charge on any atom is -0.348 e. The van der Waals surface area contributed by atoms with Crippen molar-refractivity contribution in [1.82, 2.24) is 10.6 Å². The lowest BCUT2D eigenvalue weighted by molar-refractivity contribution is -0.136. The van der Waals surface area contributed by atoms with Gasteiger partial charge in [0, 0.05) is 13.1 Å². The molecule has 0 heterocycles. The lowest BCUT2D eigenvalue weighted by Gasteiger charge is -2.12. The van der Waals surface area contributed by atoms with Gasteiger partial charge in [0.2, 0.25) is 0 Å². The zero-order valence-electron chi connectivity index (χ0n) is 15.8. The smallest absolute Gasteiger partial charge is 0.313 e. The number of carbonyl (C=O) groups excluding carboxylic acids is 3. The summed E-state index contributed by atoms with van der Waals surface area (Å²) in [5, 5.41) is 7.89. The van der Waals surface area contributed by atoms with Crippen LogP contribution in [-0.2, 0) is 16.1 Å². The number of anilines is 1. The minimum atomic E-state index is -0.797. The number of nitrogens with one attached hydrogen (secondary N) is 3. The van der Waals surface area contributed by atoms with Crippen LogP contribution in [0, 0.1) is 12.8 Å². The second-order valence-electron chi connectivity index (χ2n) is 6.77. The number of benzene rings is 2. The molecule has 27 heavy (non-hydrogen) atoms. The summed E-state index contributed by atoms with van der Waals surface area (Å²) in [5.74, 6) is -1.61. The summed E-state index contributed by atoms with van der Waals surface area (Å²) in [6.45, 7) is 6.65. The third-order valence-corrected chi connectivity index (χ3v) is 3.87. The van der Waals surface area contributed by atoms with E-state index in [0.29, 0.717) is 24.3 Å². The van der Waals surface area contributed by atoms with Crippen LogP contribution in [0.2, 0.25) is 0 Å². The Labute approximate surface area is 159 Å². The summed E-state index contributed by atoms with van der Waals surface area (Å²) in [6.07, 6.45) is 0. The van der Waals surface area contributed by atoms with Gasteiger partial charge in [-0.2, -0.15) is 0 Å². The fourth-order valence-electron chi connectivity index (χ4n) is 2.33. The molecule has 142 valence electrons. The Morgan fingerprint density at radius 1 is 0.889 bits per heavy atom. The summed E-state index contributed by atoms with van der Waals surface area (Å²) in [6, 6.07) is 14.4. The summed E-state index contributed by atoms with van der Waals surface area (Å²) < 4.78 is 0. The van der Waals surface area contributed by atoms with Crippen molar-refractivity contribution in [3.05, 3.63) is 65.2 Å². The van der Waals surface area contributed by atoms with E-state index in [4.69, 9.17) is 0 Å². The average Bonchev–Trinajstić information content (AvgIpc) is 2.65. The van der Waals surface area contributed by atoms with Crippen LogP contribution in [0.4, 0.5) is 5.69 Å². The van der Waals surface area contributed by atoms with E-state index in [9.17, 15) is 14.4 Å². The van der Waals surface area contributed by atoms with Crippen LogP contribution in [0.3, 0.4) is 0 Å². The minimum absolute atomic E-state index is 0.238. The normalized spacial score (nSPS) is 10.4. The summed E-state index contributed by atoms with van der Waals surface area (Å²) in [4.78, 5) is 36.4. The molecule has 0 aromatic heterocycles. The van der Waals surface area contributed by atoms with Crippen molar-refractivity contribution in [2.45, 2.75) is 27.3 Å². The van der Waals surface area contributed by atoms with Crippen LogP contribution in [-0.4, -0.2) is 24.3 Å². The van der Waals surface area contributed by atoms with Crippen molar-refractivity contribution in [3.8, 4) is 0 Å². The first kappa shape index (κ1) is 20.2. The number of hydrogen-bond acceptors (Lipinski definition) is 3. The number of amides is 3. The van der Waals surface area contributed by atoms with Crippen molar-refractivity contribution >= 4 is 23.4 Å². The molecule has 3 N–H and O–H groups in total. The van der Waals surface area contributed by atoms with Gasteiger partial charge in [-0.1, -0.05) is 55.8 Å². The van der Waals surface area contributed by atoms with Crippen molar-refractivity contribution < 1.29 is 14.4 Å². The first-order valence-corrected chi connectivity index (χ1v) is 8.88. The van der Waals surface area contributed by atoms with Crippen LogP contribution in [0.25, 0.3) is 0 Å². The quantitative estimate of drug-likeness (QED) is 0.686. The second-order valence-corrected chi connectivity index (χ2v) is 6.77. The molecule has 0 aliphatic rings. The van der Waals surface area contributed by atoms with Crippen molar-refractivity contribution in [2.75, 3.05) is 11.9 Å². The van der Waals surface area contributed by atoms with Gasteiger partial charge in [-0.05, 0) is 30.5 Å². The van der Waals surface area contributed by atoms with Gasteiger partial charge in [-0.3, -0.25) is 14.4 Å². The lowest BCUT2D eigenvalue weighted by atomic mass is 10.1. The van der Waals surface area contributed by atoms with Gasteiger partial charge in [0.05, 0.1) is 11.3 Å². The van der Waals surface area contributed by atoms with Crippen LogP contribution in [0.5, 0.6) is 0 Å². The number of hydrogen-bond donors (Lipinski definition) is 3. The maximum atomic E-state index is 12.5. The van der Waals surface area contributed by atoms with Crippen molar-refractivity contribution in [3.63, 3.8) is 0 Å². The van der Waals surface area contributed by atoms with Gasteiger partial charge >= 0.3 is 11.8 Å². The Morgan fingerprint density at radius 3 is 2.22 bits per heavy atom. The SMILES string of the molecule is Cc1ccc(CNC(=O)c2ccccc2NC(=O)C(=O)NCC(C)C)cc1. The molecule has 0 saturated carbocycles. The fraction of sp³-hybridized carbons (Fsp3) is 0.286. The van der Waals surface area contributed by atoms with Gasteiger partial charge in [-0.25, -0.2) is 0 Å². The Kier molecular flexibility index (Phi) is 7.11. The van der Waals surface area contributed by atoms with Crippen LogP contribution < -0.4 is 16.0 Å². The van der Waals surface area contributed by atoms with E-state index in [1.54, 1.807) is 24.3 Å². The van der Waals surface area contributed by atoms with E-state index in [-0.39, 0.29) is 11.8 Å². The van der Waals surface area contributed by atoms with Crippen LogP contribution >= 0.6 is 0 Å². The average molecular weight is 367 g/mol. The number of aryl methyl sites for hydroxylation is 1. The maximum absolute atomic E-state index is 12.5. The first-order valence-electron chi connectivity index (χ1n) is 8.88. The lowest BCUT2D eigenvalue weighted by Crippen LogP contribution is -2.37. The predicted octanol–water partition coefficient (Wildman–Crippen LogP) is 2.64. The van der Waals surface area contributed by atoms with E-state index >= 15 is 0 Å². The van der Waals surface area contributed by atoms with Gasteiger partial charge in [0.1, 0.15) is 0 Å². The zero-order chi connectivity index (χ0) is 19.8. The second kappa shape index (κ2) is 9.52. The largest absolute Gasteiger partial charge is 0.348 e. The third-order valence-electron chi connectivity index (χ3n) is 3.87. The molecule has 0 aliphatic heterocycles. The highest BCUT2D eigenvalue weighted by Gasteiger charge is 2.17. The molecule has 0 bridgehead atoms. The van der Waals surface area contributed by atoms with E-state index in [1.807, 2.05) is 45.0 Å². The maximum Gasteiger partial charge on any atom is 0.313 e. The molecule has 2 rings (SSSR count). The molecule has 6 heteroatoms. The van der Waals surface area contributed by atoms with Crippen LogP contribution in [0.15, 0.2) is 48.5 Å². The Balaban J connectivity index is 2.01. The van der Waals surface area contributed by atoms with Crippen molar-refractivity contribution in [2.24, 2.45) is 5.92 Å². The topological polar surface area (TPSA) is 87.3 Å². The van der Waals surface area contributed by atoms with Crippen LogP contribution in [0.1, 0.15) is 35.3 Å². The molecule has 0 radical (unpaired) electrons. The molecule has 3 amide bonds. The molecule has 0 atom stereocenters. The van der Waals surface area contributed by atoms with E-state index in [1.165, 1.54) is 0 Å². The molecular formula is C21H25N3O3. The number of rotatable bonds is 6. The summed E-state index contributed by atoms with van der Waals surface area (Å²) >= 11 is 0. The van der Waals surface area contributed by atoms with E-state index in [0.717, 1.165) is 11.1 Å². The van der Waals surface area contributed by atoms with Gasteiger partial charge in [0.15, 0.2) is 0 Å². The Bertz CT molecular complexity index is 814. The summed E-state index contributed by atoms with van der Waals surface area (Å²) in [5.41, 5.74) is 2.72. The number of carbonyl (C=O) groups is 3. The zero-order valence-corrected chi connectivity index (χ0v) is 15.8. The van der Waals surface area contributed by atoms with E-state index in [2.05, 4.69) is 16.0 Å². The molecule has 2 aromatic rings. The predicted molar refractivity (Wildman–Crippen MR) is 105 cm³/mol. The molecule has 0 aliphatic carbocycles. The van der Waals surface area contributed by atoms with Gasteiger partial charge < -0.3 is 16.0 Å². The molecule has 0 unspecified atom stereocenters. The molecular weight excluding hydrogens is 342 g/mol. The van der Waals surface area contributed by atoms with Crippen molar-refractivity contribution in [1.29, 1.82) is 0 Å². The number of para-hydroxylation sites is 1. The monoisotopic (exact) mass is 367 g/mol. The fourth-order valence-corrected chi connectivity index (χ4v) is 2.33. The molecule has 2 aromatic carbocycles. The first-order chi connectivity index (χ1) is 12.9. The highest BCUT2D eigenvalue weighted by molar-refractivity contribution is 6.40. The molecule has 0 saturated heterocycles. The highest BCUT2D eigenvalue weighted by Crippen LogP contribution is 2.15. The summed E-state index contributed by atoms with van der Waals surface area (Å²) in [7, 11) is 0. The van der Waals surface area contributed by atoms with Gasteiger partial charge in [-0.15, -0.1) is 0 Å². The third kappa shape index (κ3) is 6.26. The Hall–Kier alpha value is -3.15. The highest BCUT2D eigenvalue weighted by atomic mass is 16.2. The Morgan fingerprint density at radius 2 is 1.56 bits per heavy atom. The van der Waals surface area contributed by atoms with E-state index < -0.39 is 11.8 Å². The molecule has 6 nitrogen and oxygen atoms in total. The molecule has 0 spiro atoms.